The van der Waals surface area contributed by atoms with Gasteiger partial charge in [0.15, 0.2) is 0 Å². The minimum Gasteiger partial charge on any atom is -0.361 e. The minimum absolute atomic E-state index is 0. The van der Waals surface area contributed by atoms with Gasteiger partial charge in [-0.1, -0.05) is 5.16 Å². The molecule has 0 unspecified atom stereocenters. The van der Waals surface area contributed by atoms with E-state index in [1.807, 2.05) is 17.9 Å². The van der Waals surface area contributed by atoms with Gasteiger partial charge in [0.25, 0.3) is 0 Å². The van der Waals surface area contributed by atoms with E-state index in [1.165, 1.54) is 0 Å². The number of nitrogens with one attached hydrogen (secondary N) is 1. The lowest BCUT2D eigenvalue weighted by atomic mass is 10.2. The van der Waals surface area contributed by atoms with Crippen LogP contribution in [0.25, 0.3) is 0 Å². The zero-order valence-corrected chi connectivity index (χ0v) is 16.4. The van der Waals surface area contributed by atoms with Gasteiger partial charge in [0.05, 0.1) is 5.69 Å². The third-order valence-electron chi connectivity index (χ3n) is 4.64. The van der Waals surface area contributed by atoms with Crippen LogP contribution in [0, 0.1) is 6.92 Å². The fourth-order valence-corrected chi connectivity index (χ4v) is 3.22. The number of carbonyl (C=O) groups excluding carboxylic acids is 1. The standard InChI is InChI=1S/C16H27N5O2.2ClH/c1-14-12-15(18-23-14)13-20-10-8-19(9-11-20)5-2-16(22)21-6-3-17-4-7-21;;/h12,17H,2-11,13H2,1H3;2*1H. The molecule has 2 fully saturated rings. The number of aromatic nitrogens is 1. The highest BCUT2D eigenvalue weighted by atomic mass is 35.5. The van der Waals surface area contributed by atoms with Crippen molar-refractivity contribution in [2.24, 2.45) is 0 Å². The van der Waals surface area contributed by atoms with Gasteiger partial charge in [-0.25, -0.2) is 0 Å². The quantitative estimate of drug-likeness (QED) is 0.796. The van der Waals surface area contributed by atoms with E-state index in [4.69, 9.17) is 4.52 Å². The lowest BCUT2D eigenvalue weighted by Crippen LogP contribution is -2.49. The highest BCUT2D eigenvalue weighted by Crippen LogP contribution is 2.09. The zero-order chi connectivity index (χ0) is 16.1. The van der Waals surface area contributed by atoms with Gasteiger partial charge < -0.3 is 19.6 Å². The van der Waals surface area contributed by atoms with Crippen molar-refractivity contribution in [3.63, 3.8) is 0 Å². The lowest BCUT2D eigenvalue weighted by molar-refractivity contribution is -0.132. The number of amides is 1. The summed E-state index contributed by atoms with van der Waals surface area (Å²) in [5.41, 5.74) is 1.00. The predicted octanol–water partition coefficient (Wildman–Crippen LogP) is 0.766. The smallest absolute Gasteiger partial charge is 0.223 e. The molecule has 3 heterocycles. The van der Waals surface area contributed by atoms with Crippen molar-refractivity contribution in [3.8, 4) is 0 Å². The molecule has 0 saturated carbocycles. The van der Waals surface area contributed by atoms with Crippen molar-refractivity contribution in [3.05, 3.63) is 17.5 Å². The molecule has 9 heteroatoms. The summed E-state index contributed by atoms with van der Waals surface area (Å²) in [6.07, 6.45) is 0.641. The van der Waals surface area contributed by atoms with Gasteiger partial charge >= 0.3 is 0 Å². The molecule has 144 valence electrons. The third-order valence-corrected chi connectivity index (χ3v) is 4.64. The van der Waals surface area contributed by atoms with Crippen molar-refractivity contribution < 1.29 is 9.32 Å². The van der Waals surface area contributed by atoms with E-state index in [1.54, 1.807) is 0 Å². The number of halogens is 2. The number of rotatable bonds is 5. The topological polar surface area (TPSA) is 64.8 Å². The predicted molar refractivity (Wildman–Crippen MR) is 102 cm³/mol. The molecule has 0 bridgehead atoms. The van der Waals surface area contributed by atoms with Gasteiger partial charge in [-0.15, -0.1) is 24.8 Å². The number of aryl methyl sites for hydroxylation is 1. The molecule has 3 rings (SSSR count). The normalized spacial score (nSPS) is 19.2. The second-order valence-corrected chi connectivity index (χ2v) is 6.43. The molecule has 0 aliphatic carbocycles. The van der Waals surface area contributed by atoms with Crippen LogP contribution in [0.5, 0.6) is 0 Å². The maximum absolute atomic E-state index is 12.2. The first-order valence-corrected chi connectivity index (χ1v) is 8.56. The fourth-order valence-electron chi connectivity index (χ4n) is 3.22. The first-order chi connectivity index (χ1) is 11.2. The van der Waals surface area contributed by atoms with Gasteiger partial charge in [-0.3, -0.25) is 9.69 Å². The van der Waals surface area contributed by atoms with E-state index in [9.17, 15) is 4.79 Å². The van der Waals surface area contributed by atoms with Gasteiger partial charge in [-0.2, -0.15) is 0 Å². The van der Waals surface area contributed by atoms with Crippen LogP contribution in [-0.4, -0.2) is 84.7 Å². The Balaban J connectivity index is 0.00000156. The zero-order valence-electron chi connectivity index (χ0n) is 14.8. The first-order valence-electron chi connectivity index (χ1n) is 8.56. The van der Waals surface area contributed by atoms with Gasteiger partial charge in [0.2, 0.25) is 5.91 Å². The van der Waals surface area contributed by atoms with Gasteiger partial charge in [0, 0.05) is 77.9 Å². The second-order valence-electron chi connectivity index (χ2n) is 6.43. The van der Waals surface area contributed by atoms with Crippen molar-refractivity contribution >= 4 is 30.7 Å². The van der Waals surface area contributed by atoms with Crippen LogP contribution in [0.4, 0.5) is 0 Å². The number of hydrogen-bond acceptors (Lipinski definition) is 6. The van der Waals surface area contributed by atoms with Crippen LogP contribution in [-0.2, 0) is 11.3 Å². The average Bonchev–Trinajstić information content (AvgIpc) is 2.99. The summed E-state index contributed by atoms with van der Waals surface area (Å²) < 4.78 is 5.12. The number of hydrogen-bond donors (Lipinski definition) is 1. The molecule has 2 aliphatic heterocycles. The Hall–Kier alpha value is -0.860. The highest BCUT2D eigenvalue weighted by molar-refractivity contribution is 5.85. The molecular weight excluding hydrogens is 365 g/mol. The van der Waals surface area contributed by atoms with E-state index in [0.717, 1.165) is 76.9 Å². The summed E-state index contributed by atoms with van der Waals surface area (Å²) in [6.45, 7) is 11.3. The van der Waals surface area contributed by atoms with Crippen molar-refractivity contribution in [2.45, 2.75) is 19.9 Å². The Morgan fingerprint density at radius 1 is 1.12 bits per heavy atom. The lowest BCUT2D eigenvalue weighted by Gasteiger charge is -2.34. The highest BCUT2D eigenvalue weighted by Gasteiger charge is 2.20. The Morgan fingerprint density at radius 3 is 2.36 bits per heavy atom. The van der Waals surface area contributed by atoms with Crippen LogP contribution in [0.2, 0.25) is 0 Å². The summed E-state index contributed by atoms with van der Waals surface area (Å²) in [5.74, 6) is 1.16. The molecule has 0 aromatic carbocycles. The summed E-state index contributed by atoms with van der Waals surface area (Å²) in [6, 6.07) is 2.00. The minimum atomic E-state index is 0. The molecule has 25 heavy (non-hydrogen) atoms. The molecular formula is C16H29Cl2N5O2. The van der Waals surface area contributed by atoms with Gasteiger partial charge in [-0.05, 0) is 6.92 Å². The average molecular weight is 394 g/mol. The Kier molecular flexibility index (Phi) is 9.74. The van der Waals surface area contributed by atoms with Crippen LogP contribution < -0.4 is 5.32 Å². The van der Waals surface area contributed by atoms with Crippen molar-refractivity contribution in [2.75, 3.05) is 58.9 Å². The van der Waals surface area contributed by atoms with Crippen LogP contribution in [0.1, 0.15) is 17.9 Å². The molecule has 0 spiro atoms. The number of carbonyl (C=O) groups is 1. The van der Waals surface area contributed by atoms with Gasteiger partial charge in [0.1, 0.15) is 5.76 Å². The number of piperazine rings is 2. The van der Waals surface area contributed by atoms with Crippen molar-refractivity contribution in [1.29, 1.82) is 0 Å². The van der Waals surface area contributed by atoms with Crippen LogP contribution in [0.3, 0.4) is 0 Å². The first kappa shape index (κ1) is 22.2. The maximum Gasteiger partial charge on any atom is 0.223 e. The molecule has 1 amide bonds. The van der Waals surface area contributed by atoms with Crippen LogP contribution >= 0.6 is 24.8 Å². The summed E-state index contributed by atoms with van der Waals surface area (Å²) >= 11 is 0. The monoisotopic (exact) mass is 393 g/mol. The Bertz CT molecular complexity index is 514. The molecule has 0 atom stereocenters. The second kappa shape index (κ2) is 11.0. The van der Waals surface area contributed by atoms with E-state index >= 15 is 0 Å². The Labute approximate surface area is 161 Å². The number of nitrogens with zero attached hydrogens (tertiary/aromatic N) is 4. The summed E-state index contributed by atoms with van der Waals surface area (Å²) in [4.78, 5) is 19.0. The molecule has 1 aromatic heterocycles. The molecule has 2 aliphatic rings. The van der Waals surface area contributed by atoms with Crippen molar-refractivity contribution in [1.82, 2.24) is 25.2 Å². The SMILES string of the molecule is Cc1cc(CN2CCN(CCC(=O)N3CCNCC3)CC2)no1.Cl.Cl. The summed E-state index contributed by atoms with van der Waals surface area (Å²) in [7, 11) is 0. The van der Waals surface area contributed by atoms with E-state index < -0.39 is 0 Å². The molecule has 1 aromatic rings. The van der Waals surface area contributed by atoms with E-state index in [-0.39, 0.29) is 24.8 Å². The van der Waals surface area contributed by atoms with E-state index in [2.05, 4.69) is 20.3 Å². The molecule has 2 saturated heterocycles. The molecule has 1 N–H and O–H groups in total. The molecule has 7 nitrogen and oxygen atoms in total. The maximum atomic E-state index is 12.2. The Morgan fingerprint density at radius 2 is 1.76 bits per heavy atom. The summed E-state index contributed by atoms with van der Waals surface area (Å²) in [5, 5.41) is 7.33. The fraction of sp³-hybridized carbons (Fsp3) is 0.750. The van der Waals surface area contributed by atoms with Crippen LogP contribution in [0.15, 0.2) is 10.6 Å². The largest absolute Gasteiger partial charge is 0.361 e. The third kappa shape index (κ3) is 6.75. The van der Waals surface area contributed by atoms with E-state index in [0.29, 0.717) is 12.3 Å². The molecule has 0 radical (unpaired) electrons.